The van der Waals surface area contributed by atoms with Gasteiger partial charge in [-0.3, -0.25) is 14.6 Å². The van der Waals surface area contributed by atoms with Crippen molar-refractivity contribution in [2.75, 3.05) is 26.2 Å². The molecule has 0 atom stereocenters. The van der Waals surface area contributed by atoms with Crippen LogP contribution < -0.4 is 0 Å². The van der Waals surface area contributed by atoms with Crippen LogP contribution in [0.25, 0.3) is 0 Å². The van der Waals surface area contributed by atoms with Gasteiger partial charge in [0.05, 0.1) is 5.56 Å². The van der Waals surface area contributed by atoms with E-state index in [2.05, 4.69) is 4.98 Å². The fourth-order valence-corrected chi connectivity index (χ4v) is 4.08. The zero-order valence-corrected chi connectivity index (χ0v) is 18.0. The third-order valence-electron chi connectivity index (χ3n) is 5.94. The van der Waals surface area contributed by atoms with E-state index in [1.807, 2.05) is 28.9 Å². The normalized spacial score (nSPS) is 17.5. The summed E-state index contributed by atoms with van der Waals surface area (Å²) in [5.41, 5.74) is 0.777. The Bertz CT molecular complexity index is 998. The van der Waals surface area contributed by atoms with Crippen molar-refractivity contribution >= 4 is 17.8 Å². The maximum absolute atomic E-state index is 12.6. The fourth-order valence-electron chi connectivity index (χ4n) is 4.08. The number of furan rings is 1. The second-order valence-electron chi connectivity index (χ2n) is 8.22. The van der Waals surface area contributed by atoms with Gasteiger partial charge in [-0.2, -0.15) is 13.2 Å². The van der Waals surface area contributed by atoms with Crippen molar-refractivity contribution in [2.45, 2.75) is 32.4 Å². The Labute approximate surface area is 188 Å². The monoisotopic (exact) mass is 467 g/mol. The van der Waals surface area contributed by atoms with Gasteiger partial charge in [0.1, 0.15) is 5.76 Å². The van der Waals surface area contributed by atoms with E-state index >= 15 is 0 Å². The molecule has 33 heavy (non-hydrogen) atoms. The van der Waals surface area contributed by atoms with Gasteiger partial charge >= 0.3 is 12.1 Å². The van der Waals surface area contributed by atoms with E-state index in [1.54, 1.807) is 24.5 Å². The number of halogens is 3. The second kappa shape index (κ2) is 9.63. The summed E-state index contributed by atoms with van der Waals surface area (Å²) in [6.07, 6.45) is 1.07. The van der Waals surface area contributed by atoms with Crippen LogP contribution in [0.15, 0.2) is 41.1 Å². The topological polar surface area (TPSA) is 104 Å². The molecule has 2 amide bonds. The van der Waals surface area contributed by atoms with Gasteiger partial charge in [0, 0.05) is 38.6 Å². The first-order chi connectivity index (χ1) is 15.5. The number of piperidine rings is 1. The first-order valence-electron chi connectivity index (χ1n) is 10.4. The number of carboxylic acid groups (broad SMARTS) is 1. The summed E-state index contributed by atoms with van der Waals surface area (Å²) in [5, 5.41) is 7.12. The van der Waals surface area contributed by atoms with E-state index in [-0.39, 0.29) is 17.2 Å². The minimum atomic E-state index is -5.08. The van der Waals surface area contributed by atoms with Gasteiger partial charge in [0.25, 0.3) is 11.8 Å². The maximum Gasteiger partial charge on any atom is 0.490 e. The van der Waals surface area contributed by atoms with Crippen LogP contribution in [0.5, 0.6) is 0 Å². The Balaban J connectivity index is 0.000000383. The number of carboxylic acids is 1. The predicted molar refractivity (Wildman–Crippen MR) is 109 cm³/mol. The lowest BCUT2D eigenvalue weighted by atomic mass is 9.77. The molecule has 4 heterocycles. The van der Waals surface area contributed by atoms with Crippen LogP contribution in [0, 0.1) is 12.3 Å². The van der Waals surface area contributed by atoms with Crippen LogP contribution in [0.4, 0.5) is 13.2 Å². The molecular formula is C22H24F3N3O5. The number of amides is 2. The summed E-state index contributed by atoms with van der Waals surface area (Å²) in [4.78, 5) is 41.9. The quantitative estimate of drug-likeness (QED) is 0.726. The number of pyridine rings is 1. The number of carbonyl (C=O) groups excluding carboxylic acids is 2. The average Bonchev–Trinajstić information content (AvgIpc) is 3.40. The third-order valence-corrected chi connectivity index (χ3v) is 5.94. The van der Waals surface area contributed by atoms with Crippen LogP contribution in [0.1, 0.15) is 45.9 Å². The number of carbonyl (C=O) groups is 3. The molecule has 1 N–H and O–H groups in total. The summed E-state index contributed by atoms with van der Waals surface area (Å²) in [6, 6.07) is 7.16. The molecule has 178 valence electrons. The Hall–Kier alpha value is -3.37. The highest BCUT2D eigenvalue weighted by atomic mass is 19.4. The molecule has 2 aliphatic heterocycles. The van der Waals surface area contributed by atoms with E-state index < -0.39 is 12.1 Å². The number of aromatic nitrogens is 1. The van der Waals surface area contributed by atoms with Crippen LogP contribution in [0.3, 0.4) is 0 Å². The lowest BCUT2D eigenvalue weighted by Gasteiger charge is -2.39. The van der Waals surface area contributed by atoms with Crippen molar-refractivity contribution in [3.8, 4) is 0 Å². The van der Waals surface area contributed by atoms with Gasteiger partial charge in [0.15, 0.2) is 5.76 Å². The molecular weight excluding hydrogens is 443 g/mol. The molecule has 2 aliphatic rings. The standard InChI is InChI=1S/C20H23N3O3.C2HF3O2/c1-15-4-5-17(26-15)19(25)22-10-6-20(7-11-22)8-12-23(14-20)18(24)16-3-2-9-21-13-16;3-2(4,5)1(6)7/h2-5,9,13H,6-8,10-12,14H2,1H3;(H,6,7). The van der Waals surface area contributed by atoms with E-state index in [0.717, 1.165) is 38.1 Å². The average molecular weight is 467 g/mol. The first-order valence-corrected chi connectivity index (χ1v) is 10.4. The van der Waals surface area contributed by atoms with Gasteiger partial charge in [-0.15, -0.1) is 0 Å². The van der Waals surface area contributed by atoms with Crippen molar-refractivity contribution in [3.63, 3.8) is 0 Å². The van der Waals surface area contributed by atoms with Gasteiger partial charge in [0.2, 0.25) is 0 Å². The Morgan fingerprint density at radius 3 is 2.12 bits per heavy atom. The third kappa shape index (κ3) is 5.91. The molecule has 0 unspecified atom stereocenters. The minimum absolute atomic E-state index is 0.0331. The molecule has 11 heteroatoms. The van der Waals surface area contributed by atoms with Crippen molar-refractivity contribution in [1.29, 1.82) is 0 Å². The molecule has 2 saturated heterocycles. The summed E-state index contributed by atoms with van der Waals surface area (Å²) < 4.78 is 37.2. The molecule has 0 aromatic carbocycles. The predicted octanol–water partition coefficient (Wildman–Crippen LogP) is 3.38. The molecule has 0 aliphatic carbocycles. The smallest absolute Gasteiger partial charge is 0.475 e. The fraction of sp³-hybridized carbons (Fsp3) is 0.455. The van der Waals surface area contributed by atoms with Crippen LogP contribution in [-0.4, -0.2) is 70.0 Å². The summed E-state index contributed by atoms with van der Waals surface area (Å²) in [6.45, 7) is 4.82. The van der Waals surface area contributed by atoms with Crippen LogP contribution in [-0.2, 0) is 4.79 Å². The highest BCUT2D eigenvalue weighted by Gasteiger charge is 2.43. The number of alkyl halides is 3. The molecule has 8 nitrogen and oxygen atoms in total. The molecule has 2 aromatic rings. The summed E-state index contributed by atoms with van der Waals surface area (Å²) in [5.74, 6) is -1.57. The number of aryl methyl sites for hydroxylation is 1. The lowest BCUT2D eigenvalue weighted by molar-refractivity contribution is -0.192. The van der Waals surface area contributed by atoms with Crippen molar-refractivity contribution in [1.82, 2.24) is 14.8 Å². The van der Waals surface area contributed by atoms with E-state index in [9.17, 15) is 22.8 Å². The lowest BCUT2D eigenvalue weighted by Crippen LogP contribution is -2.44. The minimum Gasteiger partial charge on any atom is -0.475 e. The Morgan fingerprint density at radius 1 is 1.03 bits per heavy atom. The SMILES string of the molecule is Cc1ccc(C(=O)N2CCC3(CCN(C(=O)c4cccnc4)C3)CC2)o1.O=C(O)C(F)(F)F. The molecule has 1 spiro atoms. The van der Waals surface area contributed by atoms with E-state index in [4.69, 9.17) is 14.3 Å². The second-order valence-corrected chi connectivity index (χ2v) is 8.22. The van der Waals surface area contributed by atoms with Gasteiger partial charge in [-0.05, 0) is 55.9 Å². The molecule has 0 radical (unpaired) electrons. The van der Waals surface area contributed by atoms with Crippen LogP contribution >= 0.6 is 0 Å². The van der Waals surface area contributed by atoms with Crippen molar-refractivity contribution < 1.29 is 37.1 Å². The Morgan fingerprint density at radius 2 is 1.64 bits per heavy atom. The van der Waals surface area contributed by atoms with Gasteiger partial charge < -0.3 is 19.3 Å². The Kier molecular flexibility index (Phi) is 7.09. The molecule has 0 bridgehead atoms. The number of rotatable bonds is 2. The summed E-state index contributed by atoms with van der Waals surface area (Å²) >= 11 is 0. The number of hydrogen-bond acceptors (Lipinski definition) is 5. The van der Waals surface area contributed by atoms with E-state index in [1.165, 1.54) is 0 Å². The number of aliphatic carboxylic acids is 1. The maximum atomic E-state index is 12.6. The highest BCUT2D eigenvalue weighted by molar-refractivity contribution is 5.94. The zero-order valence-electron chi connectivity index (χ0n) is 18.0. The summed E-state index contributed by atoms with van der Waals surface area (Å²) in [7, 11) is 0. The molecule has 2 aromatic heterocycles. The number of nitrogens with zero attached hydrogens (tertiary/aromatic N) is 3. The van der Waals surface area contributed by atoms with Crippen molar-refractivity contribution in [2.24, 2.45) is 5.41 Å². The molecule has 0 saturated carbocycles. The number of hydrogen-bond donors (Lipinski definition) is 1. The highest BCUT2D eigenvalue weighted by Crippen LogP contribution is 2.41. The van der Waals surface area contributed by atoms with Gasteiger partial charge in [-0.25, -0.2) is 4.79 Å². The van der Waals surface area contributed by atoms with E-state index in [0.29, 0.717) is 24.4 Å². The van der Waals surface area contributed by atoms with Gasteiger partial charge in [-0.1, -0.05) is 0 Å². The molecule has 2 fully saturated rings. The zero-order chi connectivity index (χ0) is 24.2. The molecule has 4 rings (SSSR count). The van der Waals surface area contributed by atoms with Crippen LogP contribution in [0.2, 0.25) is 0 Å². The largest absolute Gasteiger partial charge is 0.490 e. The number of likely N-dealkylation sites (tertiary alicyclic amines) is 2. The van der Waals surface area contributed by atoms with Crippen molar-refractivity contribution in [3.05, 3.63) is 53.7 Å². The first kappa shape index (κ1) is 24.3.